The molecular formula is C17H25N3O4. The highest BCUT2D eigenvalue weighted by Crippen LogP contribution is 2.32. The number of nitrogens with one attached hydrogen (secondary N) is 2. The van der Waals surface area contributed by atoms with E-state index in [1.165, 1.54) is 0 Å². The summed E-state index contributed by atoms with van der Waals surface area (Å²) in [5, 5.41) is 5.85. The Morgan fingerprint density at radius 2 is 2.00 bits per heavy atom. The zero-order valence-corrected chi connectivity index (χ0v) is 14.4. The van der Waals surface area contributed by atoms with Crippen molar-refractivity contribution in [3.8, 4) is 11.5 Å². The molecule has 0 radical (unpaired) electrons. The van der Waals surface area contributed by atoms with Crippen LogP contribution in [0.2, 0.25) is 0 Å². The van der Waals surface area contributed by atoms with E-state index in [0.29, 0.717) is 36.4 Å². The second kappa shape index (κ2) is 7.27. The molecule has 0 aliphatic carbocycles. The van der Waals surface area contributed by atoms with E-state index >= 15 is 0 Å². The van der Waals surface area contributed by atoms with Crippen molar-refractivity contribution in [2.75, 3.05) is 38.7 Å². The largest absolute Gasteiger partial charge is 0.486 e. The van der Waals surface area contributed by atoms with Crippen LogP contribution in [0.5, 0.6) is 11.5 Å². The van der Waals surface area contributed by atoms with E-state index < -0.39 is 0 Å². The first kappa shape index (κ1) is 16.9. The van der Waals surface area contributed by atoms with E-state index in [1.54, 1.807) is 25.3 Å². The second-order valence-electron chi connectivity index (χ2n) is 6.39. The second-order valence-corrected chi connectivity index (χ2v) is 6.39. The van der Waals surface area contributed by atoms with Crippen molar-refractivity contribution >= 4 is 11.7 Å². The van der Waals surface area contributed by atoms with Gasteiger partial charge in [-0.3, -0.25) is 4.90 Å². The number of likely N-dealkylation sites (tertiary alicyclic amines) is 1. The molecule has 132 valence electrons. The maximum absolute atomic E-state index is 12.3. The lowest BCUT2D eigenvalue weighted by Crippen LogP contribution is -2.45. The zero-order valence-electron chi connectivity index (χ0n) is 14.4. The van der Waals surface area contributed by atoms with Crippen LogP contribution in [0.25, 0.3) is 0 Å². The minimum Gasteiger partial charge on any atom is -0.486 e. The molecule has 0 spiro atoms. The van der Waals surface area contributed by atoms with Gasteiger partial charge in [-0.1, -0.05) is 0 Å². The van der Waals surface area contributed by atoms with Crippen LogP contribution in [-0.4, -0.2) is 62.5 Å². The smallest absolute Gasteiger partial charge is 0.319 e. The van der Waals surface area contributed by atoms with Gasteiger partial charge in [0.1, 0.15) is 13.2 Å². The number of urea groups is 1. The standard InChI is InChI=1S/C17H25N3O4/c1-11(2)20-9-13(16(10-20)22-3)19-17(21)18-12-4-5-14-15(8-12)24-7-6-23-14/h4-5,8,11,13,16H,6-7,9-10H2,1-3H3,(H2,18,19,21)/t13-,16-/m0/s1. The van der Waals surface area contributed by atoms with E-state index in [2.05, 4.69) is 29.4 Å². The van der Waals surface area contributed by atoms with Crippen LogP contribution in [0.4, 0.5) is 10.5 Å². The molecule has 0 bridgehead atoms. The molecule has 2 aliphatic heterocycles. The number of benzene rings is 1. The predicted molar refractivity (Wildman–Crippen MR) is 90.9 cm³/mol. The minimum absolute atomic E-state index is 0.00147. The van der Waals surface area contributed by atoms with Crippen LogP contribution in [0.1, 0.15) is 13.8 Å². The van der Waals surface area contributed by atoms with Gasteiger partial charge in [-0.2, -0.15) is 0 Å². The molecule has 3 rings (SSSR count). The molecule has 1 fully saturated rings. The fourth-order valence-corrected chi connectivity index (χ4v) is 3.06. The van der Waals surface area contributed by atoms with Gasteiger partial charge in [0.15, 0.2) is 11.5 Å². The van der Waals surface area contributed by atoms with Crippen molar-refractivity contribution in [3.05, 3.63) is 18.2 Å². The minimum atomic E-state index is -0.246. The van der Waals surface area contributed by atoms with Crippen molar-refractivity contribution < 1.29 is 19.0 Å². The maximum atomic E-state index is 12.3. The van der Waals surface area contributed by atoms with Gasteiger partial charge in [-0.25, -0.2) is 4.79 Å². The van der Waals surface area contributed by atoms with Crippen molar-refractivity contribution in [1.82, 2.24) is 10.2 Å². The highest BCUT2D eigenvalue weighted by atomic mass is 16.6. The number of rotatable bonds is 4. The molecule has 0 aromatic heterocycles. The Morgan fingerprint density at radius 3 is 2.71 bits per heavy atom. The van der Waals surface area contributed by atoms with Crippen molar-refractivity contribution in [2.24, 2.45) is 0 Å². The third-order valence-electron chi connectivity index (χ3n) is 4.44. The summed E-state index contributed by atoms with van der Waals surface area (Å²) in [6.45, 7) is 6.96. The van der Waals surface area contributed by atoms with Crippen molar-refractivity contribution in [1.29, 1.82) is 0 Å². The van der Waals surface area contributed by atoms with Gasteiger partial charge >= 0.3 is 6.03 Å². The molecule has 24 heavy (non-hydrogen) atoms. The Morgan fingerprint density at radius 1 is 1.25 bits per heavy atom. The lowest BCUT2D eigenvalue weighted by atomic mass is 10.2. The third kappa shape index (κ3) is 3.73. The van der Waals surface area contributed by atoms with E-state index in [0.717, 1.165) is 13.1 Å². The first-order valence-electron chi connectivity index (χ1n) is 8.31. The molecule has 2 amide bonds. The molecule has 0 saturated carbocycles. The van der Waals surface area contributed by atoms with Gasteiger partial charge in [0.25, 0.3) is 0 Å². The van der Waals surface area contributed by atoms with Crippen LogP contribution >= 0.6 is 0 Å². The molecule has 2 atom stereocenters. The fourth-order valence-electron chi connectivity index (χ4n) is 3.06. The fraction of sp³-hybridized carbons (Fsp3) is 0.588. The Hall–Kier alpha value is -1.99. The molecule has 2 heterocycles. The molecule has 1 aromatic rings. The number of fused-ring (bicyclic) bond motifs is 1. The summed E-state index contributed by atoms with van der Waals surface area (Å²) >= 11 is 0. The summed E-state index contributed by atoms with van der Waals surface area (Å²) in [6, 6.07) is 5.53. The van der Waals surface area contributed by atoms with E-state index in [-0.39, 0.29) is 18.2 Å². The summed E-state index contributed by atoms with van der Waals surface area (Å²) in [5.41, 5.74) is 0.671. The quantitative estimate of drug-likeness (QED) is 0.876. The highest BCUT2D eigenvalue weighted by Gasteiger charge is 2.34. The van der Waals surface area contributed by atoms with Crippen LogP contribution in [0.15, 0.2) is 18.2 Å². The average molecular weight is 335 g/mol. The van der Waals surface area contributed by atoms with Gasteiger partial charge in [-0.15, -0.1) is 0 Å². The Kier molecular flexibility index (Phi) is 5.11. The summed E-state index contributed by atoms with van der Waals surface area (Å²) in [5.74, 6) is 1.36. The number of hydrogen-bond acceptors (Lipinski definition) is 5. The highest BCUT2D eigenvalue weighted by molar-refractivity contribution is 5.90. The molecule has 1 aromatic carbocycles. The number of ether oxygens (including phenoxy) is 3. The van der Waals surface area contributed by atoms with Gasteiger partial charge in [0, 0.05) is 38.0 Å². The van der Waals surface area contributed by atoms with Crippen molar-refractivity contribution in [3.63, 3.8) is 0 Å². The number of anilines is 1. The van der Waals surface area contributed by atoms with Crippen LogP contribution in [0, 0.1) is 0 Å². The number of methoxy groups -OCH3 is 1. The summed E-state index contributed by atoms with van der Waals surface area (Å²) < 4.78 is 16.5. The predicted octanol–water partition coefficient (Wildman–Crippen LogP) is 1.69. The number of nitrogens with zero attached hydrogens (tertiary/aromatic N) is 1. The molecule has 2 aliphatic rings. The summed E-state index contributed by atoms with van der Waals surface area (Å²) in [4.78, 5) is 14.6. The number of carbonyl (C=O) groups excluding carboxylic acids is 1. The zero-order chi connectivity index (χ0) is 17.1. The molecule has 7 nitrogen and oxygen atoms in total. The third-order valence-corrected chi connectivity index (χ3v) is 4.44. The Labute approximate surface area is 142 Å². The lowest BCUT2D eigenvalue weighted by Gasteiger charge is -2.21. The van der Waals surface area contributed by atoms with Gasteiger partial charge in [0.05, 0.1) is 12.1 Å². The molecule has 2 N–H and O–H groups in total. The Balaban J connectivity index is 1.59. The lowest BCUT2D eigenvalue weighted by molar-refractivity contribution is 0.0896. The van der Waals surface area contributed by atoms with E-state index in [1.807, 2.05) is 0 Å². The maximum Gasteiger partial charge on any atom is 0.319 e. The van der Waals surface area contributed by atoms with Gasteiger partial charge in [0.2, 0.25) is 0 Å². The van der Waals surface area contributed by atoms with Gasteiger partial charge in [-0.05, 0) is 26.0 Å². The summed E-state index contributed by atoms with van der Waals surface area (Å²) in [6.07, 6.45) is -0.00147. The van der Waals surface area contributed by atoms with Crippen LogP contribution in [0.3, 0.4) is 0 Å². The molecular weight excluding hydrogens is 310 g/mol. The monoisotopic (exact) mass is 335 g/mol. The average Bonchev–Trinajstić information content (AvgIpc) is 2.97. The van der Waals surface area contributed by atoms with Gasteiger partial charge < -0.3 is 24.8 Å². The summed E-state index contributed by atoms with van der Waals surface area (Å²) in [7, 11) is 1.68. The normalized spacial score (nSPS) is 23.3. The SMILES string of the molecule is CO[C@H]1CN(C(C)C)C[C@@H]1NC(=O)Nc1ccc2c(c1)OCCO2. The molecule has 7 heteroatoms. The van der Waals surface area contributed by atoms with Crippen LogP contribution < -0.4 is 20.1 Å². The van der Waals surface area contributed by atoms with E-state index in [4.69, 9.17) is 14.2 Å². The molecule has 1 saturated heterocycles. The van der Waals surface area contributed by atoms with Crippen LogP contribution in [-0.2, 0) is 4.74 Å². The molecule has 0 unspecified atom stereocenters. The van der Waals surface area contributed by atoms with E-state index in [9.17, 15) is 4.79 Å². The number of amides is 2. The first-order chi connectivity index (χ1) is 11.6. The Bertz CT molecular complexity index is 593. The number of carbonyl (C=O) groups is 1. The number of hydrogen-bond donors (Lipinski definition) is 2. The first-order valence-corrected chi connectivity index (χ1v) is 8.31. The van der Waals surface area contributed by atoms with Crippen molar-refractivity contribution in [2.45, 2.75) is 32.0 Å². The topological polar surface area (TPSA) is 72.1 Å².